The van der Waals surface area contributed by atoms with Crippen molar-refractivity contribution in [3.05, 3.63) is 71.8 Å². The van der Waals surface area contributed by atoms with E-state index in [1.165, 1.54) is 21.9 Å². The van der Waals surface area contributed by atoms with E-state index in [9.17, 15) is 5.11 Å². The number of ether oxygens (including phenoxy) is 2. The smallest absolute Gasteiger partial charge is 0.127 e. The summed E-state index contributed by atoms with van der Waals surface area (Å²) < 4.78 is 12.1. The zero-order chi connectivity index (χ0) is 20.4. The number of aliphatic hydroxyl groups is 1. The lowest BCUT2D eigenvalue weighted by molar-refractivity contribution is 0.0760. The Morgan fingerprint density at radius 3 is 2.63 bits per heavy atom. The van der Waals surface area contributed by atoms with Crippen LogP contribution in [0.4, 0.5) is 0 Å². The second-order valence-corrected chi connectivity index (χ2v) is 8.45. The summed E-state index contributed by atoms with van der Waals surface area (Å²) in [5.41, 5.74) is 2.22. The monoisotopic (exact) mass is 427 g/mol. The number of rotatable bonds is 6. The molecule has 5 heteroatoms. The number of halogens is 1. The number of aliphatic hydroxyl groups excluding tert-OH is 1. The summed E-state index contributed by atoms with van der Waals surface area (Å²) in [6, 6.07) is 21.2. The van der Waals surface area contributed by atoms with Gasteiger partial charge < -0.3 is 19.9 Å². The van der Waals surface area contributed by atoms with Crippen molar-refractivity contribution in [1.82, 2.24) is 5.32 Å². The Balaban J connectivity index is 0.00000256. The summed E-state index contributed by atoms with van der Waals surface area (Å²) in [6.07, 6.45) is 0.373. The Labute approximate surface area is 184 Å². The first-order valence-electron chi connectivity index (χ1n) is 10.2. The molecule has 1 aliphatic rings. The molecule has 0 aliphatic carbocycles. The van der Waals surface area contributed by atoms with Gasteiger partial charge in [-0.15, -0.1) is 12.4 Å². The molecule has 0 saturated carbocycles. The first-order chi connectivity index (χ1) is 13.9. The largest absolute Gasteiger partial charge is 0.491 e. The Bertz CT molecular complexity index is 1000. The molecule has 4 nitrogen and oxygen atoms in total. The third-order valence-electron chi connectivity index (χ3n) is 5.50. The SMILES string of the molecule is CNCC(O)COc1ccc2c(c1)OC(C)(C)CC2c1ccc2ccccc2c1.Cl. The quantitative estimate of drug-likeness (QED) is 0.586. The minimum absolute atomic E-state index is 0. The molecule has 0 spiro atoms. The van der Waals surface area contributed by atoms with Gasteiger partial charge in [0.1, 0.15) is 29.8 Å². The third-order valence-corrected chi connectivity index (χ3v) is 5.50. The van der Waals surface area contributed by atoms with Crippen LogP contribution in [0.1, 0.15) is 37.3 Å². The van der Waals surface area contributed by atoms with E-state index in [0.717, 1.165) is 12.2 Å². The molecule has 0 aromatic heterocycles. The summed E-state index contributed by atoms with van der Waals surface area (Å²) in [4.78, 5) is 0. The van der Waals surface area contributed by atoms with Crippen molar-refractivity contribution in [2.45, 2.75) is 37.9 Å². The Morgan fingerprint density at radius 1 is 1.10 bits per heavy atom. The molecule has 3 aromatic rings. The van der Waals surface area contributed by atoms with Gasteiger partial charge in [0.2, 0.25) is 0 Å². The predicted octanol–water partition coefficient (Wildman–Crippen LogP) is 4.91. The molecule has 3 aromatic carbocycles. The van der Waals surface area contributed by atoms with Crippen LogP contribution in [0.3, 0.4) is 0 Å². The molecule has 1 aliphatic heterocycles. The van der Waals surface area contributed by atoms with Crippen LogP contribution >= 0.6 is 12.4 Å². The van der Waals surface area contributed by atoms with Gasteiger partial charge >= 0.3 is 0 Å². The van der Waals surface area contributed by atoms with Crippen LogP contribution < -0.4 is 14.8 Å². The van der Waals surface area contributed by atoms with Crippen LogP contribution in [0.15, 0.2) is 60.7 Å². The van der Waals surface area contributed by atoms with E-state index in [1.54, 1.807) is 0 Å². The van der Waals surface area contributed by atoms with E-state index < -0.39 is 6.10 Å². The van der Waals surface area contributed by atoms with Gasteiger partial charge in [-0.25, -0.2) is 0 Å². The maximum absolute atomic E-state index is 9.89. The molecule has 30 heavy (non-hydrogen) atoms. The van der Waals surface area contributed by atoms with Gasteiger partial charge in [-0.3, -0.25) is 0 Å². The highest BCUT2D eigenvalue weighted by Crippen LogP contribution is 2.45. The van der Waals surface area contributed by atoms with Gasteiger partial charge in [-0.1, -0.05) is 48.5 Å². The third kappa shape index (κ3) is 4.89. The summed E-state index contributed by atoms with van der Waals surface area (Å²) in [7, 11) is 1.81. The fourth-order valence-electron chi connectivity index (χ4n) is 4.13. The average Bonchev–Trinajstić information content (AvgIpc) is 2.70. The van der Waals surface area contributed by atoms with E-state index in [4.69, 9.17) is 9.47 Å². The molecule has 2 N–H and O–H groups in total. The van der Waals surface area contributed by atoms with Crippen molar-refractivity contribution in [2.24, 2.45) is 0 Å². The standard InChI is InChI=1S/C25H29NO3.ClH/c1-25(2)14-23(19-9-8-17-6-4-5-7-18(17)12-19)22-11-10-21(13-24(22)29-25)28-16-20(27)15-26-3;/h4-13,20,23,26-27H,14-16H2,1-3H3;1H. The van der Waals surface area contributed by atoms with E-state index in [2.05, 4.69) is 67.7 Å². The summed E-state index contributed by atoms with van der Waals surface area (Å²) in [6.45, 7) is 5.01. The number of hydrogen-bond acceptors (Lipinski definition) is 4. The maximum Gasteiger partial charge on any atom is 0.127 e. The van der Waals surface area contributed by atoms with Crippen molar-refractivity contribution in [1.29, 1.82) is 0 Å². The highest BCUT2D eigenvalue weighted by Gasteiger charge is 2.35. The molecule has 160 valence electrons. The van der Waals surface area contributed by atoms with Crippen LogP contribution in [-0.4, -0.2) is 37.0 Å². The number of fused-ring (bicyclic) bond motifs is 2. The highest BCUT2D eigenvalue weighted by molar-refractivity contribution is 5.85. The van der Waals surface area contributed by atoms with Crippen LogP contribution in [0.5, 0.6) is 11.5 Å². The zero-order valence-corrected chi connectivity index (χ0v) is 18.5. The zero-order valence-electron chi connectivity index (χ0n) is 17.7. The van der Waals surface area contributed by atoms with E-state index >= 15 is 0 Å². The number of nitrogens with one attached hydrogen (secondary N) is 1. The molecule has 0 saturated heterocycles. The van der Waals surface area contributed by atoms with Crippen molar-refractivity contribution in [2.75, 3.05) is 20.2 Å². The summed E-state index contributed by atoms with van der Waals surface area (Å²) in [5.74, 6) is 1.84. The Kier molecular flexibility index (Phi) is 6.91. The molecular formula is C25H30ClNO3. The molecule has 1 heterocycles. The van der Waals surface area contributed by atoms with Crippen LogP contribution in [0.25, 0.3) is 10.8 Å². The lowest BCUT2D eigenvalue weighted by Gasteiger charge is -2.38. The number of benzene rings is 3. The van der Waals surface area contributed by atoms with E-state index in [-0.39, 0.29) is 30.5 Å². The first-order valence-corrected chi connectivity index (χ1v) is 10.2. The van der Waals surface area contributed by atoms with Gasteiger partial charge in [0.05, 0.1) is 0 Å². The fourth-order valence-corrected chi connectivity index (χ4v) is 4.13. The topological polar surface area (TPSA) is 50.7 Å². The molecule has 0 fully saturated rings. The van der Waals surface area contributed by atoms with Crippen molar-refractivity contribution >= 4 is 23.2 Å². The fraction of sp³-hybridized carbons (Fsp3) is 0.360. The number of hydrogen-bond donors (Lipinski definition) is 2. The second-order valence-electron chi connectivity index (χ2n) is 8.45. The highest BCUT2D eigenvalue weighted by atomic mass is 35.5. The normalized spacial score (nSPS) is 18.1. The minimum atomic E-state index is -0.543. The first kappa shape index (κ1) is 22.4. The van der Waals surface area contributed by atoms with Gasteiger partial charge in [0.15, 0.2) is 0 Å². The lowest BCUT2D eigenvalue weighted by Crippen LogP contribution is -2.35. The van der Waals surface area contributed by atoms with E-state index in [1.807, 2.05) is 19.2 Å². The van der Waals surface area contributed by atoms with Crippen LogP contribution in [0, 0.1) is 0 Å². The van der Waals surface area contributed by atoms with Crippen molar-refractivity contribution in [3.63, 3.8) is 0 Å². The minimum Gasteiger partial charge on any atom is -0.491 e. The van der Waals surface area contributed by atoms with Crippen LogP contribution in [0.2, 0.25) is 0 Å². The predicted molar refractivity (Wildman–Crippen MR) is 124 cm³/mol. The molecule has 2 unspecified atom stereocenters. The maximum atomic E-state index is 9.89. The second kappa shape index (κ2) is 9.25. The Morgan fingerprint density at radius 2 is 1.87 bits per heavy atom. The molecular weight excluding hydrogens is 398 g/mol. The van der Waals surface area contributed by atoms with Crippen molar-refractivity contribution < 1.29 is 14.6 Å². The van der Waals surface area contributed by atoms with Gasteiger partial charge in [0, 0.05) is 24.1 Å². The van der Waals surface area contributed by atoms with Gasteiger partial charge in [0.25, 0.3) is 0 Å². The average molecular weight is 428 g/mol. The molecule has 0 amide bonds. The van der Waals surface area contributed by atoms with E-state index in [0.29, 0.717) is 12.3 Å². The van der Waals surface area contributed by atoms with Crippen LogP contribution in [-0.2, 0) is 0 Å². The molecule has 0 bridgehead atoms. The summed E-state index contributed by atoms with van der Waals surface area (Å²) in [5, 5.41) is 15.4. The molecule has 2 atom stereocenters. The van der Waals surface area contributed by atoms with Gasteiger partial charge in [-0.05, 0) is 49.7 Å². The lowest BCUT2D eigenvalue weighted by atomic mass is 9.79. The number of likely N-dealkylation sites (N-methyl/N-ethyl adjacent to an activating group) is 1. The van der Waals surface area contributed by atoms with Gasteiger partial charge in [-0.2, -0.15) is 0 Å². The summed E-state index contributed by atoms with van der Waals surface area (Å²) >= 11 is 0. The Hall–Kier alpha value is -2.27. The molecule has 0 radical (unpaired) electrons. The molecule has 4 rings (SSSR count). The van der Waals surface area contributed by atoms with Crippen molar-refractivity contribution in [3.8, 4) is 11.5 Å².